The Balaban J connectivity index is 2.19. The summed E-state index contributed by atoms with van der Waals surface area (Å²) in [4.78, 5) is 0. The van der Waals surface area contributed by atoms with Crippen LogP contribution < -0.4 is 10.4 Å². The first kappa shape index (κ1) is 19.7. The fourth-order valence-electron chi connectivity index (χ4n) is 3.01. The molecule has 0 amide bonds. The second-order valence-corrected chi connectivity index (χ2v) is 16.8. The molecule has 3 heteroatoms. The van der Waals surface area contributed by atoms with Gasteiger partial charge < -0.3 is 4.43 Å². The summed E-state index contributed by atoms with van der Waals surface area (Å²) in [7, 11) is -3.42. The van der Waals surface area contributed by atoms with Crippen molar-refractivity contribution in [3.8, 4) is 0 Å². The van der Waals surface area contributed by atoms with E-state index < -0.39 is 16.4 Å². The first-order valence-corrected chi connectivity index (χ1v) is 15.3. The van der Waals surface area contributed by atoms with Crippen molar-refractivity contribution in [2.45, 2.75) is 46.1 Å². The summed E-state index contributed by atoms with van der Waals surface area (Å²) in [5, 5.41) is 2.86. The summed E-state index contributed by atoms with van der Waals surface area (Å²) in [5.74, 6) is 0.510. The van der Waals surface area contributed by atoms with Crippen molar-refractivity contribution in [3.05, 3.63) is 72.5 Å². The van der Waals surface area contributed by atoms with Gasteiger partial charge in [0.15, 0.2) is 0 Å². The number of hydrogen-bond acceptors (Lipinski definition) is 1. The Morgan fingerprint density at radius 1 is 0.840 bits per heavy atom. The first-order chi connectivity index (χ1) is 11.7. The van der Waals surface area contributed by atoms with Gasteiger partial charge in [0.1, 0.15) is 0 Å². The minimum atomic E-state index is -1.90. The van der Waals surface area contributed by atoms with Crippen LogP contribution in [0.3, 0.4) is 0 Å². The van der Waals surface area contributed by atoms with E-state index in [-0.39, 0.29) is 0 Å². The average Bonchev–Trinajstić information content (AvgIpc) is 2.60. The Morgan fingerprint density at radius 2 is 1.32 bits per heavy atom. The summed E-state index contributed by atoms with van der Waals surface area (Å²) in [6, 6.07) is 22.8. The predicted octanol–water partition coefficient (Wildman–Crippen LogP) is 5.27. The molecule has 1 nitrogen and oxygen atoms in total. The third kappa shape index (κ3) is 5.45. The van der Waals surface area contributed by atoms with Gasteiger partial charge in [0, 0.05) is 0 Å². The van der Waals surface area contributed by atoms with E-state index in [0.29, 0.717) is 5.92 Å². The lowest BCUT2D eigenvalue weighted by Gasteiger charge is -2.28. The molecule has 0 radical (unpaired) electrons. The topological polar surface area (TPSA) is 9.23 Å². The predicted molar refractivity (Wildman–Crippen MR) is 116 cm³/mol. The Hall–Kier alpha value is -1.59. The lowest BCUT2D eigenvalue weighted by molar-refractivity contribution is 0.471. The van der Waals surface area contributed by atoms with Crippen molar-refractivity contribution >= 4 is 26.8 Å². The van der Waals surface area contributed by atoms with Gasteiger partial charge >= 0.3 is 0 Å². The molecular weight excluding hydrogens is 336 g/mol. The summed E-state index contributed by atoms with van der Waals surface area (Å²) in [6.45, 7) is 14.0. The molecule has 0 aliphatic carbocycles. The summed E-state index contributed by atoms with van der Waals surface area (Å²) in [5.41, 5.74) is 1.44. The molecule has 2 rings (SSSR count). The van der Waals surface area contributed by atoms with Gasteiger partial charge in [0.2, 0.25) is 0 Å². The van der Waals surface area contributed by atoms with Crippen molar-refractivity contribution in [3.63, 3.8) is 0 Å². The minimum absolute atomic E-state index is 0.510. The van der Waals surface area contributed by atoms with Crippen molar-refractivity contribution in [2.24, 2.45) is 5.92 Å². The molecule has 0 fully saturated rings. The van der Waals surface area contributed by atoms with Gasteiger partial charge in [0.05, 0.1) is 14.3 Å². The van der Waals surface area contributed by atoms with Gasteiger partial charge in [0.25, 0.3) is 8.32 Å². The van der Waals surface area contributed by atoms with Crippen molar-refractivity contribution in [1.29, 1.82) is 0 Å². The highest BCUT2D eigenvalue weighted by molar-refractivity contribution is 6.90. The summed E-state index contributed by atoms with van der Waals surface area (Å²) < 4.78 is 6.42. The molecule has 0 saturated heterocycles. The van der Waals surface area contributed by atoms with Crippen LogP contribution in [0.25, 0.3) is 0 Å². The van der Waals surface area contributed by atoms with Crippen LogP contribution >= 0.6 is 0 Å². The number of rotatable bonds is 7. The molecule has 0 aromatic heterocycles. The minimum Gasteiger partial charge on any atom is -0.545 e. The summed E-state index contributed by atoms with van der Waals surface area (Å²) in [6.07, 6.45) is 2.10. The SMILES string of the molecule is CC(C)/C(=C\O[Si](C)(C)c1ccccc1)C[Si](C)(C)c1ccccc1. The zero-order chi connectivity index (χ0) is 18.5. The Labute approximate surface area is 155 Å². The van der Waals surface area contributed by atoms with Gasteiger partial charge in [-0.1, -0.05) is 92.8 Å². The van der Waals surface area contributed by atoms with Gasteiger partial charge in [-0.2, -0.15) is 0 Å². The number of allylic oxidation sites excluding steroid dienone is 1. The molecule has 0 spiro atoms. The van der Waals surface area contributed by atoms with Crippen LogP contribution in [-0.4, -0.2) is 16.4 Å². The third-order valence-corrected chi connectivity index (χ3v) is 10.5. The van der Waals surface area contributed by atoms with E-state index in [1.165, 1.54) is 15.9 Å². The molecule has 25 heavy (non-hydrogen) atoms. The highest BCUT2D eigenvalue weighted by Crippen LogP contribution is 2.24. The molecule has 0 heterocycles. The fourth-order valence-corrected chi connectivity index (χ4v) is 7.40. The van der Waals surface area contributed by atoms with E-state index in [0.717, 1.165) is 6.04 Å². The van der Waals surface area contributed by atoms with E-state index >= 15 is 0 Å². The lowest BCUT2D eigenvalue weighted by atomic mass is 10.1. The van der Waals surface area contributed by atoms with Crippen LogP contribution in [0.15, 0.2) is 72.5 Å². The highest BCUT2D eigenvalue weighted by Gasteiger charge is 2.28. The molecule has 2 aromatic carbocycles. The molecular formula is C22H32OSi2. The normalized spacial score (nSPS) is 13.2. The molecule has 0 unspecified atom stereocenters. The second kappa shape index (κ2) is 8.20. The van der Waals surface area contributed by atoms with Crippen LogP contribution in [0, 0.1) is 5.92 Å². The number of hydrogen-bond donors (Lipinski definition) is 0. The maximum absolute atomic E-state index is 6.42. The Morgan fingerprint density at radius 3 is 1.80 bits per heavy atom. The second-order valence-electron chi connectivity index (χ2n) is 8.27. The Kier molecular flexibility index (Phi) is 6.47. The maximum Gasteiger partial charge on any atom is 0.276 e. The van der Waals surface area contributed by atoms with Crippen LogP contribution in [-0.2, 0) is 4.43 Å². The number of benzene rings is 2. The maximum atomic E-state index is 6.42. The first-order valence-electron chi connectivity index (χ1n) is 9.20. The monoisotopic (exact) mass is 368 g/mol. The molecule has 0 aliphatic rings. The standard InChI is InChI=1S/C22H32OSi2/c1-19(2)20(18-24(3,4)21-13-9-7-10-14-21)17-23-25(5,6)22-15-11-8-12-16-22/h7-17,19H,18H2,1-6H3/b20-17-. The fraction of sp³-hybridized carbons (Fsp3) is 0.364. The molecule has 0 atom stereocenters. The largest absolute Gasteiger partial charge is 0.545 e. The van der Waals surface area contributed by atoms with Crippen LogP contribution in [0.2, 0.25) is 32.2 Å². The molecule has 2 aromatic rings. The van der Waals surface area contributed by atoms with E-state index in [1.807, 2.05) is 0 Å². The zero-order valence-corrected chi connectivity index (χ0v) is 18.5. The van der Waals surface area contributed by atoms with Crippen LogP contribution in [0.4, 0.5) is 0 Å². The summed E-state index contributed by atoms with van der Waals surface area (Å²) >= 11 is 0. The molecule has 0 aliphatic heterocycles. The van der Waals surface area contributed by atoms with Crippen LogP contribution in [0.1, 0.15) is 13.8 Å². The van der Waals surface area contributed by atoms with Crippen molar-refractivity contribution in [1.82, 2.24) is 0 Å². The average molecular weight is 369 g/mol. The molecule has 0 N–H and O–H groups in total. The van der Waals surface area contributed by atoms with Gasteiger partial charge in [-0.05, 0) is 35.8 Å². The highest BCUT2D eigenvalue weighted by atomic mass is 28.4. The Bertz CT molecular complexity index is 688. The zero-order valence-electron chi connectivity index (χ0n) is 16.5. The van der Waals surface area contributed by atoms with Gasteiger partial charge in [-0.25, -0.2) is 0 Å². The van der Waals surface area contributed by atoms with Crippen molar-refractivity contribution < 1.29 is 4.43 Å². The van der Waals surface area contributed by atoms with Crippen LogP contribution in [0.5, 0.6) is 0 Å². The molecule has 0 saturated carbocycles. The third-order valence-electron chi connectivity index (χ3n) is 4.92. The van der Waals surface area contributed by atoms with Gasteiger partial charge in [-0.15, -0.1) is 0 Å². The lowest BCUT2D eigenvalue weighted by Crippen LogP contribution is -2.44. The van der Waals surface area contributed by atoms with E-state index in [1.54, 1.807) is 0 Å². The smallest absolute Gasteiger partial charge is 0.276 e. The van der Waals surface area contributed by atoms with Crippen molar-refractivity contribution in [2.75, 3.05) is 0 Å². The van der Waals surface area contributed by atoms with Gasteiger partial charge in [-0.3, -0.25) is 0 Å². The van der Waals surface area contributed by atoms with E-state index in [2.05, 4.69) is 107 Å². The molecule has 0 bridgehead atoms. The molecule has 134 valence electrons. The van der Waals surface area contributed by atoms with E-state index in [9.17, 15) is 0 Å². The quantitative estimate of drug-likeness (QED) is 0.478. The van der Waals surface area contributed by atoms with E-state index in [4.69, 9.17) is 4.43 Å².